The lowest BCUT2D eigenvalue weighted by atomic mass is 10.1. The zero-order valence-electron chi connectivity index (χ0n) is 13.4. The second-order valence-corrected chi connectivity index (χ2v) is 6.64. The molecular weight excluding hydrogens is 307 g/mol. The van der Waals surface area contributed by atoms with Crippen molar-refractivity contribution in [2.75, 3.05) is 32.7 Å². The average molecular weight is 329 g/mol. The fourth-order valence-electron chi connectivity index (χ4n) is 2.70. The zero-order chi connectivity index (χ0) is 17.3. The van der Waals surface area contributed by atoms with Crippen LogP contribution in [0.25, 0.3) is 0 Å². The van der Waals surface area contributed by atoms with E-state index in [4.69, 9.17) is 5.73 Å². The number of rotatable bonds is 3. The zero-order valence-corrected chi connectivity index (χ0v) is 13.4. The van der Waals surface area contributed by atoms with E-state index in [1.165, 1.54) is 12.1 Å². The van der Waals surface area contributed by atoms with E-state index in [2.05, 4.69) is 4.90 Å². The Labute approximate surface area is 134 Å². The van der Waals surface area contributed by atoms with Crippen molar-refractivity contribution in [3.63, 3.8) is 0 Å². The summed E-state index contributed by atoms with van der Waals surface area (Å²) in [4.78, 5) is 16.1. The van der Waals surface area contributed by atoms with Gasteiger partial charge in [0, 0.05) is 43.8 Å². The fraction of sp³-hybridized carbons (Fsp3) is 0.562. The molecule has 4 nitrogen and oxygen atoms in total. The largest absolute Gasteiger partial charge is 0.416 e. The highest BCUT2D eigenvalue weighted by Crippen LogP contribution is 2.29. The Morgan fingerprint density at radius 3 is 2.30 bits per heavy atom. The molecule has 0 unspecified atom stereocenters. The molecule has 0 radical (unpaired) electrons. The Morgan fingerprint density at radius 1 is 1.17 bits per heavy atom. The van der Waals surface area contributed by atoms with Crippen LogP contribution in [-0.4, -0.2) is 54.0 Å². The molecule has 23 heavy (non-hydrogen) atoms. The van der Waals surface area contributed by atoms with Gasteiger partial charge in [0.05, 0.1) is 5.56 Å². The molecule has 7 heteroatoms. The van der Waals surface area contributed by atoms with Gasteiger partial charge in [-0.05, 0) is 32.0 Å². The first-order chi connectivity index (χ1) is 10.6. The van der Waals surface area contributed by atoms with Gasteiger partial charge in [0.25, 0.3) is 5.91 Å². The van der Waals surface area contributed by atoms with Crippen LogP contribution in [0.5, 0.6) is 0 Å². The van der Waals surface area contributed by atoms with Gasteiger partial charge in [-0.15, -0.1) is 0 Å². The van der Waals surface area contributed by atoms with Crippen LogP contribution in [0.1, 0.15) is 29.8 Å². The number of hydrogen-bond acceptors (Lipinski definition) is 3. The number of carbonyl (C=O) groups excluding carboxylic acids is 1. The summed E-state index contributed by atoms with van der Waals surface area (Å²) in [5, 5.41) is 0. The minimum absolute atomic E-state index is 0.0763. The predicted octanol–water partition coefficient (Wildman–Crippen LogP) is 2.20. The third-order valence-electron chi connectivity index (χ3n) is 3.73. The Bertz CT molecular complexity index is 558. The number of carbonyl (C=O) groups is 1. The van der Waals surface area contributed by atoms with Gasteiger partial charge in [0.1, 0.15) is 0 Å². The maximum Gasteiger partial charge on any atom is 0.416 e. The summed E-state index contributed by atoms with van der Waals surface area (Å²) in [5.41, 5.74) is 4.95. The van der Waals surface area contributed by atoms with Crippen LogP contribution < -0.4 is 5.73 Å². The summed E-state index contributed by atoms with van der Waals surface area (Å²) in [6, 6.07) is 4.58. The maximum atomic E-state index is 12.7. The van der Waals surface area contributed by atoms with E-state index in [0.717, 1.165) is 18.7 Å². The van der Waals surface area contributed by atoms with Crippen molar-refractivity contribution in [3.8, 4) is 0 Å². The lowest BCUT2D eigenvalue weighted by Crippen LogP contribution is -2.54. The summed E-state index contributed by atoms with van der Waals surface area (Å²) in [6.45, 7) is 6.92. The van der Waals surface area contributed by atoms with Crippen LogP contribution in [0.2, 0.25) is 0 Å². The van der Waals surface area contributed by atoms with Gasteiger partial charge < -0.3 is 10.6 Å². The minimum Gasteiger partial charge on any atom is -0.336 e. The topological polar surface area (TPSA) is 49.6 Å². The second-order valence-electron chi connectivity index (χ2n) is 6.64. The molecule has 1 aromatic rings. The summed E-state index contributed by atoms with van der Waals surface area (Å²) in [5.74, 6) is -0.359. The van der Waals surface area contributed by atoms with Gasteiger partial charge in [-0.1, -0.05) is 6.07 Å². The number of nitrogens with two attached hydrogens (primary N) is 1. The summed E-state index contributed by atoms with van der Waals surface area (Å²) < 4.78 is 38.2. The molecule has 0 aromatic heterocycles. The molecule has 128 valence electrons. The molecule has 0 aliphatic carbocycles. The van der Waals surface area contributed by atoms with E-state index in [-0.39, 0.29) is 17.0 Å². The van der Waals surface area contributed by atoms with Crippen molar-refractivity contribution >= 4 is 5.91 Å². The van der Waals surface area contributed by atoms with E-state index in [0.29, 0.717) is 26.2 Å². The molecule has 1 amide bonds. The molecule has 0 spiro atoms. The molecule has 0 saturated carbocycles. The number of amides is 1. The normalized spacial score (nSPS) is 17.4. The average Bonchev–Trinajstić information content (AvgIpc) is 2.45. The van der Waals surface area contributed by atoms with Crippen LogP contribution in [0.15, 0.2) is 24.3 Å². The van der Waals surface area contributed by atoms with Gasteiger partial charge in [-0.25, -0.2) is 0 Å². The van der Waals surface area contributed by atoms with Crippen LogP contribution in [0, 0.1) is 0 Å². The van der Waals surface area contributed by atoms with Gasteiger partial charge in [0.2, 0.25) is 0 Å². The van der Waals surface area contributed by atoms with Crippen molar-refractivity contribution in [1.82, 2.24) is 9.80 Å². The van der Waals surface area contributed by atoms with Crippen LogP contribution in [-0.2, 0) is 6.18 Å². The third kappa shape index (κ3) is 4.94. The lowest BCUT2D eigenvalue weighted by Gasteiger charge is -2.37. The van der Waals surface area contributed by atoms with Crippen molar-refractivity contribution in [2.24, 2.45) is 5.73 Å². The molecule has 0 atom stereocenters. The van der Waals surface area contributed by atoms with Crippen molar-refractivity contribution in [3.05, 3.63) is 35.4 Å². The molecule has 1 saturated heterocycles. The van der Waals surface area contributed by atoms with E-state index in [9.17, 15) is 18.0 Å². The number of piperazine rings is 1. The number of hydrogen-bond donors (Lipinski definition) is 1. The first-order valence-corrected chi connectivity index (χ1v) is 7.54. The predicted molar refractivity (Wildman–Crippen MR) is 82.1 cm³/mol. The van der Waals surface area contributed by atoms with E-state index >= 15 is 0 Å². The molecule has 1 aliphatic heterocycles. The number of halogens is 3. The highest BCUT2D eigenvalue weighted by molar-refractivity contribution is 5.94. The molecular formula is C16H22F3N3O. The van der Waals surface area contributed by atoms with Crippen LogP contribution in [0.4, 0.5) is 13.2 Å². The molecule has 1 aliphatic rings. The van der Waals surface area contributed by atoms with Gasteiger partial charge >= 0.3 is 6.18 Å². The van der Waals surface area contributed by atoms with Gasteiger partial charge in [-0.3, -0.25) is 9.69 Å². The lowest BCUT2D eigenvalue weighted by molar-refractivity contribution is -0.137. The first-order valence-electron chi connectivity index (χ1n) is 7.54. The molecule has 1 heterocycles. The maximum absolute atomic E-state index is 12.7. The van der Waals surface area contributed by atoms with E-state index in [1.54, 1.807) is 4.90 Å². The Balaban J connectivity index is 2.00. The summed E-state index contributed by atoms with van der Waals surface area (Å²) in [6.07, 6.45) is -4.44. The van der Waals surface area contributed by atoms with Crippen molar-refractivity contribution < 1.29 is 18.0 Å². The van der Waals surface area contributed by atoms with E-state index < -0.39 is 11.7 Å². The molecule has 2 rings (SSSR count). The molecule has 1 fully saturated rings. The highest BCUT2D eigenvalue weighted by atomic mass is 19.4. The monoisotopic (exact) mass is 329 g/mol. The first kappa shape index (κ1) is 17.7. The summed E-state index contributed by atoms with van der Waals surface area (Å²) >= 11 is 0. The minimum atomic E-state index is -4.44. The fourth-order valence-corrected chi connectivity index (χ4v) is 2.70. The Kier molecular flexibility index (Phi) is 5.01. The Hall–Kier alpha value is -1.60. The number of benzene rings is 1. The smallest absolute Gasteiger partial charge is 0.336 e. The number of alkyl halides is 3. The Morgan fingerprint density at radius 2 is 1.78 bits per heavy atom. The quantitative estimate of drug-likeness (QED) is 0.925. The molecule has 1 aromatic carbocycles. The SMILES string of the molecule is CC(C)(N)CN1CCN(C(=O)c2cccc(C(F)(F)F)c2)CC1. The van der Waals surface area contributed by atoms with Crippen LogP contribution >= 0.6 is 0 Å². The van der Waals surface area contributed by atoms with Crippen molar-refractivity contribution in [1.29, 1.82) is 0 Å². The summed E-state index contributed by atoms with van der Waals surface area (Å²) in [7, 11) is 0. The third-order valence-corrected chi connectivity index (χ3v) is 3.73. The highest BCUT2D eigenvalue weighted by Gasteiger charge is 2.32. The number of nitrogens with zero attached hydrogens (tertiary/aromatic N) is 2. The van der Waals surface area contributed by atoms with E-state index in [1.807, 2.05) is 13.8 Å². The molecule has 0 bridgehead atoms. The molecule has 2 N–H and O–H groups in total. The standard InChI is InChI=1S/C16H22F3N3O/c1-15(2,20)11-21-6-8-22(9-7-21)14(23)12-4-3-5-13(10-12)16(17,18)19/h3-5,10H,6-9,11,20H2,1-2H3. The van der Waals surface area contributed by atoms with Crippen LogP contribution in [0.3, 0.4) is 0 Å². The van der Waals surface area contributed by atoms with Crippen molar-refractivity contribution in [2.45, 2.75) is 25.6 Å². The van der Waals surface area contributed by atoms with Gasteiger partial charge in [0.15, 0.2) is 0 Å². The van der Waals surface area contributed by atoms with Gasteiger partial charge in [-0.2, -0.15) is 13.2 Å². The second kappa shape index (κ2) is 6.49.